The fourth-order valence-corrected chi connectivity index (χ4v) is 5.06. The molecule has 40 heavy (non-hydrogen) atoms. The molecular weight excluding hydrogens is 510 g/mol. The Morgan fingerprint density at radius 2 is 1.80 bits per heavy atom. The van der Waals surface area contributed by atoms with Crippen LogP contribution in [0, 0.1) is 11.3 Å². The minimum absolute atomic E-state index is 0.193. The van der Waals surface area contributed by atoms with Crippen molar-refractivity contribution >= 4 is 34.5 Å². The Morgan fingerprint density at radius 1 is 1.05 bits per heavy atom. The Labute approximate surface area is 235 Å². The number of nitrogens with one attached hydrogen (secondary N) is 3. The molecule has 1 aromatic heterocycles. The average Bonchev–Trinajstić information content (AvgIpc) is 2.92. The lowest BCUT2D eigenvalue weighted by Gasteiger charge is -2.35. The van der Waals surface area contributed by atoms with Crippen molar-refractivity contribution < 1.29 is 23.9 Å². The van der Waals surface area contributed by atoms with Crippen molar-refractivity contribution in [3.63, 3.8) is 0 Å². The van der Waals surface area contributed by atoms with Crippen molar-refractivity contribution in [3.05, 3.63) is 41.7 Å². The SMILES string of the molecule is CC(C)[C@@H]1NC(=O)C(C)(C)CCc2ccc3cnc(cc3c2)[C@@H](C)OC(=O)[C@@H]2CCCN(N2)C(=O)[C@H](C)NC1=O. The molecule has 1 aromatic carbocycles. The molecule has 5 bridgehead atoms. The molecule has 2 aliphatic rings. The molecule has 1 saturated heterocycles. The molecule has 3 N–H and O–H groups in total. The molecule has 216 valence electrons. The summed E-state index contributed by atoms with van der Waals surface area (Å²) in [6.07, 6.45) is 3.52. The topological polar surface area (TPSA) is 130 Å². The van der Waals surface area contributed by atoms with Crippen LogP contribution in [0.25, 0.3) is 10.8 Å². The monoisotopic (exact) mass is 551 g/mol. The number of aromatic nitrogens is 1. The Morgan fingerprint density at radius 3 is 2.52 bits per heavy atom. The van der Waals surface area contributed by atoms with Gasteiger partial charge in [0.1, 0.15) is 24.2 Å². The second kappa shape index (κ2) is 11.9. The third-order valence-electron chi connectivity index (χ3n) is 7.87. The Balaban J connectivity index is 1.66. The predicted octanol–water partition coefficient (Wildman–Crippen LogP) is 2.95. The highest BCUT2D eigenvalue weighted by Crippen LogP contribution is 2.27. The summed E-state index contributed by atoms with van der Waals surface area (Å²) in [5.41, 5.74) is 3.94. The maximum atomic E-state index is 13.3. The predicted molar refractivity (Wildman–Crippen MR) is 151 cm³/mol. The lowest BCUT2D eigenvalue weighted by Crippen LogP contribution is -2.61. The maximum absolute atomic E-state index is 13.3. The molecule has 0 unspecified atom stereocenters. The van der Waals surface area contributed by atoms with Gasteiger partial charge in [-0.15, -0.1) is 0 Å². The first-order chi connectivity index (χ1) is 18.9. The van der Waals surface area contributed by atoms with Crippen LogP contribution in [0.4, 0.5) is 0 Å². The summed E-state index contributed by atoms with van der Waals surface area (Å²) in [6.45, 7) is 11.2. The number of amides is 3. The first kappa shape index (κ1) is 29.5. The van der Waals surface area contributed by atoms with E-state index in [9.17, 15) is 19.2 Å². The van der Waals surface area contributed by atoms with E-state index in [1.807, 2.05) is 45.9 Å². The van der Waals surface area contributed by atoms with Gasteiger partial charge in [0.05, 0.1) is 5.69 Å². The molecule has 3 heterocycles. The van der Waals surface area contributed by atoms with E-state index < -0.39 is 41.5 Å². The van der Waals surface area contributed by atoms with E-state index >= 15 is 0 Å². The summed E-state index contributed by atoms with van der Waals surface area (Å²) in [5, 5.41) is 8.99. The minimum Gasteiger partial charge on any atom is -0.455 e. The van der Waals surface area contributed by atoms with Gasteiger partial charge in [0.25, 0.3) is 5.91 Å². The second-order valence-electron chi connectivity index (χ2n) is 12.0. The number of ether oxygens (including phenoxy) is 1. The van der Waals surface area contributed by atoms with Gasteiger partial charge >= 0.3 is 5.97 Å². The maximum Gasteiger partial charge on any atom is 0.325 e. The first-order valence-corrected chi connectivity index (χ1v) is 14.1. The average molecular weight is 552 g/mol. The zero-order chi connectivity index (χ0) is 29.2. The lowest BCUT2D eigenvalue weighted by molar-refractivity contribution is -0.157. The minimum atomic E-state index is -0.865. The van der Waals surface area contributed by atoms with Crippen LogP contribution in [-0.2, 0) is 30.3 Å². The molecule has 4 rings (SSSR count). The zero-order valence-electron chi connectivity index (χ0n) is 24.2. The summed E-state index contributed by atoms with van der Waals surface area (Å²) in [4.78, 5) is 57.3. The van der Waals surface area contributed by atoms with E-state index in [2.05, 4.69) is 27.1 Å². The molecule has 2 aliphatic heterocycles. The van der Waals surface area contributed by atoms with Gasteiger partial charge in [0.15, 0.2) is 0 Å². The molecule has 2 aromatic rings. The van der Waals surface area contributed by atoms with Crippen molar-refractivity contribution in [2.24, 2.45) is 11.3 Å². The summed E-state index contributed by atoms with van der Waals surface area (Å²) < 4.78 is 5.76. The van der Waals surface area contributed by atoms with Crippen LogP contribution in [-0.4, -0.2) is 58.4 Å². The number of pyridine rings is 1. The number of hydrazine groups is 1. The zero-order valence-corrected chi connectivity index (χ0v) is 24.2. The molecule has 4 atom stereocenters. The fourth-order valence-electron chi connectivity index (χ4n) is 5.06. The van der Waals surface area contributed by atoms with Gasteiger partial charge in [-0.25, -0.2) is 5.43 Å². The van der Waals surface area contributed by atoms with Gasteiger partial charge in [0, 0.05) is 23.5 Å². The highest BCUT2D eigenvalue weighted by molar-refractivity contribution is 5.93. The number of hydrogen-bond donors (Lipinski definition) is 3. The molecule has 0 aliphatic carbocycles. The van der Waals surface area contributed by atoms with E-state index in [-0.39, 0.29) is 17.7 Å². The Bertz CT molecular complexity index is 1290. The summed E-state index contributed by atoms with van der Waals surface area (Å²) in [7, 11) is 0. The summed E-state index contributed by atoms with van der Waals surface area (Å²) in [6, 6.07) is 5.65. The number of esters is 1. The molecule has 3 amide bonds. The molecule has 0 radical (unpaired) electrons. The number of aryl methyl sites for hydroxylation is 1. The number of hydrogen-bond acceptors (Lipinski definition) is 7. The number of benzene rings is 1. The molecule has 0 saturated carbocycles. The van der Waals surface area contributed by atoms with Crippen LogP contribution >= 0.6 is 0 Å². The van der Waals surface area contributed by atoms with Crippen molar-refractivity contribution in [2.75, 3.05) is 6.54 Å². The number of carbonyl (C=O) groups excluding carboxylic acids is 4. The van der Waals surface area contributed by atoms with Crippen LogP contribution < -0.4 is 16.1 Å². The third kappa shape index (κ3) is 6.60. The Kier molecular flexibility index (Phi) is 8.77. The quantitative estimate of drug-likeness (QED) is 0.465. The van der Waals surface area contributed by atoms with Crippen molar-refractivity contribution in [1.82, 2.24) is 26.1 Å². The van der Waals surface area contributed by atoms with Gasteiger partial charge in [0.2, 0.25) is 11.8 Å². The van der Waals surface area contributed by atoms with Crippen LogP contribution in [0.1, 0.15) is 78.2 Å². The molecule has 10 nitrogen and oxygen atoms in total. The van der Waals surface area contributed by atoms with E-state index in [0.717, 1.165) is 16.3 Å². The highest BCUT2D eigenvalue weighted by Gasteiger charge is 2.36. The number of fused-ring (bicyclic) bond motifs is 4. The third-order valence-corrected chi connectivity index (χ3v) is 7.87. The smallest absolute Gasteiger partial charge is 0.325 e. The number of carbonyl (C=O) groups is 4. The Hall–Kier alpha value is -3.53. The summed E-state index contributed by atoms with van der Waals surface area (Å²) in [5.74, 6) is -1.67. The van der Waals surface area contributed by atoms with E-state index in [0.29, 0.717) is 37.9 Å². The van der Waals surface area contributed by atoms with Crippen molar-refractivity contribution in [1.29, 1.82) is 0 Å². The first-order valence-electron chi connectivity index (χ1n) is 14.1. The number of cyclic esters (lactones) is 1. The number of rotatable bonds is 1. The van der Waals surface area contributed by atoms with Crippen LogP contribution in [0.2, 0.25) is 0 Å². The van der Waals surface area contributed by atoms with E-state index in [4.69, 9.17) is 4.74 Å². The van der Waals surface area contributed by atoms with Gasteiger partial charge in [-0.3, -0.25) is 29.2 Å². The van der Waals surface area contributed by atoms with Gasteiger partial charge in [-0.05, 0) is 62.5 Å². The van der Waals surface area contributed by atoms with E-state index in [1.54, 1.807) is 20.0 Å². The van der Waals surface area contributed by atoms with Crippen molar-refractivity contribution in [2.45, 2.75) is 91.5 Å². The van der Waals surface area contributed by atoms with Crippen LogP contribution in [0.15, 0.2) is 30.5 Å². The molecule has 0 spiro atoms. The standard InChI is InChI=1S/C30H41N5O5/c1-17(2)25-26(36)32-18(3)27(37)35-13-7-8-23(34-35)28(38)40-19(4)24-15-22-14-20(9-10-21(22)16-31-24)11-12-30(5,6)29(39)33-25/h9-10,14-19,23,25,34H,7-8,11-13H2,1-6H3,(H,32,36)(H,33,39)/t18-,19+,23-,25-/m0/s1. The van der Waals surface area contributed by atoms with Gasteiger partial charge in [-0.1, -0.05) is 45.9 Å². The van der Waals surface area contributed by atoms with Crippen LogP contribution in [0.3, 0.4) is 0 Å². The van der Waals surface area contributed by atoms with Gasteiger partial charge < -0.3 is 15.4 Å². The molecule has 1 fully saturated rings. The van der Waals surface area contributed by atoms with Crippen LogP contribution in [0.5, 0.6) is 0 Å². The van der Waals surface area contributed by atoms with Gasteiger partial charge in [-0.2, -0.15) is 0 Å². The highest BCUT2D eigenvalue weighted by atomic mass is 16.5. The normalized spacial score (nSPS) is 26.8. The lowest BCUT2D eigenvalue weighted by atomic mass is 9.84. The fraction of sp³-hybridized carbons (Fsp3) is 0.567. The van der Waals surface area contributed by atoms with Crippen molar-refractivity contribution in [3.8, 4) is 0 Å². The molecular formula is C30H41N5O5. The van der Waals surface area contributed by atoms with E-state index in [1.165, 1.54) is 5.01 Å². The second-order valence-corrected chi connectivity index (χ2v) is 12.0. The largest absolute Gasteiger partial charge is 0.455 e. The summed E-state index contributed by atoms with van der Waals surface area (Å²) >= 11 is 0. The number of nitrogens with zero attached hydrogens (tertiary/aromatic N) is 2. The molecule has 10 heteroatoms.